The van der Waals surface area contributed by atoms with Crippen molar-refractivity contribution in [2.24, 2.45) is 0 Å². The highest BCUT2D eigenvalue weighted by atomic mass is 32.1. The van der Waals surface area contributed by atoms with Crippen LogP contribution in [0.1, 0.15) is 18.4 Å². The summed E-state index contributed by atoms with van der Waals surface area (Å²) in [4.78, 5) is 20.2. The molecule has 5 nitrogen and oxygen atoms in total. The third kappa shape index (κ3) is 3.42. The zero-order valence-corrected chi connectivity index (χ0v) is 12.2. The molecule has 0 aromatic carbocycles. The monoisotopic (exact) mass is 290 g/mol. The first-order chi connectivity index (χ1) is 9.76. The molecule has 1 saturated heterocycles. The molecule has 20 heavy (non-hydrogen) atoms. The van der Waals surface area contributed by atoms with Gasteiger partial charge in [-0.3, -0.25) is 4.79 Å². The Labute approximate surface area is 124 Å². The second-order valence-electron chi connectivity index (χ2n) is 4.68. The third-order valence-corrected chi connectivity index (χ3v) is 3.60. The number of carbonyl (C=O) groups is 1. The van der Waals surface area contributed by atoms with Crippen molar-refractivity contribution >= 4 is 24.4 Å². The number of nitrogens with zero attached hydrogens (tertiary/aromatic N) is 4. The molecule has 106 valence electrons. The molecule has 0 bridgehead atoms. The lowest BCUT2D eigenvalue weighted by Gasteiger charge is -2.23. The van der Waals surface area contributed by atoms with Crippen LogP contribution in [0, 0.1) is 11.3 Å². The highest BCUT2D eigenvalue weighted by Crippen LogP contribution is 2.18. The number of carbonyl (C=O) groups excluding carboxylic acids is 1. The van der Waals surface area contributed by atoms with Gasteiger partial charge in [0.15, 0.2) is 0 Å². The molecule has 0 unspecified atom stereocenters. The van der Waals surface area contributed by atoms with E-state index in [-0.39, 0.29) is 5.91 Å². The first-order valence-corrected chi connectivity index (χ1v) is 7.38. The zero-order chi connectivity index (χ0) is 14.4. The Hall–Kier alpha value is -1.74. The van der Waals surface area contributed by atoms with Gasteiger partial charge in [-0.2, -0.15) is 17.9 Å². The van der Waals surface area contributed by atoms with Gasteiger partial charge in [-0.05, 0) is 24.3 Å². The lowest BCUT2D eigenvalue weighted by Crippen LogP contribution is -2.35. The van der Waals surface area contributed by atoms with E-state index in [9.17, 15) is 4.79 Å². The fourth-order valence-corrected chi connectivity index (χ4v) is 2.56. The Balaban J connectivity index is 2.06. The molecule has 0 N–H and O–H groups in total. The molecule has 0 saturated carbocycles. The number of hydrogen-bond donors (Lipinski definition) is 1. The van der Waals surface area contributed by atoms with Crippen molar-refractivity contribution in [2.75, 3.05) is 36.8 Å². The maximum Gasteiger partial charge on any atom is 0.223 e. The van der Waals surface area contributed by atoms with Crippen molar-refractivity contribution in [3.05, 3.63) is 23.9 Å². The van der Waals surface area contributed by atoms with Crippen LogP contribution in [0.2, 0.25) is 0 Å². The Morgan fingerprint density at radius 1 is 1.40 bits per heavy atom. The SMILES string of the molecule is N#Cc1cccnc1N1CCCN(C(=O)CCS)CC1. The van der Waals surface area contributed by atoms with E-state index >= 15 is 0 Å². The molecule has 2 heterocycles. The molecule has 1 aromatic rings. The van der Waals surface area contributed by atoms with Crippen molar-refractivity contribution in [3.63, 3.8) is 0 Å². The number of aromatic nitrogens is 1. The summed E-state index contributed by atoms with van der Waals surface area (Å²) in [6, 6.07) is 5.71. The standard InChI is InChI=1S/C14H18N4OS/c15-11-12-3-1-5-16-14(12)18-7-2-6-17(8-9-18)13(19)4-10-20/h1,3,5,20H,2,4,6-10H2. The minimum atomic E-state index is 0.156. The van der Waals surface area contributed by atoms with E-state index in [2.05, 4.69) is 28.6 Å². The molecule has 1 aliphatic rings. The normalized spacial score (nSPS) is 15.6. The molecular formula is C14H18N4OS. The van der Waals surface area contributed by atoms with Gasteiger partial charge < -0.3 is 9.80 Å². The van der Waals surface area contributed by atoms with Crippen LogP contribution < -0.4 is 4.90 Å². The van der Waals surface area contributed by atoms with Crippen LogP contribution in [-0.4, -0.2) is 47.7 Å². The Morgan fingerprint density at radius 3 is 3.00 bits per heavy atom. The van der Waals surface area contributed by atoms with E-state index in [0.29, 0.717) is 30.8 Å². The summed E-state index contributed by atoms with van der Waals surface area (Å²) >= 11 is 4.10. The maximum atomic E-state index is 11.9. The van der Waals surface area contributed by atoms with E-state index in [4.69, 9.17) is 5.26 Å². The second kappa shape index (κ2) is 7.15. The van der Waals surface area contributed by atoms with Gasteiger partial charge in [-0.1, -0.05) is 0 Å². The average molecular weight is 290 g/mol. The van der Waals surface area contributed by atoms with Crippen molar-refractivity contribution in [3.8, 4) is 6.07 Å². The number of amides is 1. The number of rotatable bonds is 3. The highest BCUT2D eigenvalue weighted by molar-refractivity contribution is 7.80. The van der Waals surface area contributed by atoms with Gasteiger partial charge in [-0.15, -0.1) is 0 Å². The van der Waals surface area contributed by atoms with Gasteiger partial charge in [0.2, 0.25) is 5.91 Å². The van der Waals surface area contributed by atoms with Crippen LogP contribution in [-0.2, 0) is 4.79 Å². The van der Waals surface area contributed by atoms with Gasteiger partial charge in [0, 0.05) is 38.8 Å². The lowest BCUT2D eigenvalue weighted by atomic mass is 10.2. The van der Waals surface area contributed by atoms with Crippen molar-refractivity contribution in [1.29, 1.82) is 5.26 Å². The molecule has 0 aliphatic carbocycles. The fraction of sp³-hybridized carbons (Fsp3) is 0.500. The van der Waals surface area contributed by atoms with E-state index < -0.39 is 0 Å². The Bertz CT molecular complexity index is 514. The Kier molecular flexibility index (Phi) is 5.24. The summed E-state index contributed by atoms with van der Waals surface area (Å²) in [7, 11) is 0. The number of nitriles is 1. The summed E-state index contributed by atoms with van der Waals surface area (Å²) in [5, 5.41) is 9.14. The first kappa shape index (κ1) is 14.7. The van der Waals surface area contributed by atoms with Crippen molar-refractivity contribution < 1.29 is 4.79 Å². The van der Waals surface area contributed by atoms with Crippen LogP contribution >= 0.6 is 12.6 Å². The minimum absolute atomic E-state index is 0.156. The number of thiol groups is 1. The molecule has 2 rings (SSSR count). The predicted octanol–water partition coefficient (Wildman–Crippen LogP) is 1.31. The number of pyridine rings is 1. The largest absolute Gasteiger partial charge is 0.354 e. The van der Waals surface area contributed by atoms with E-state index in [1.807, 2.05) is 4.90 Å². The van der Waals surface area contributed by atoms with E-state index in [1.54, 1.807) is 18.3 Å². The summed E-state index contributed by atoms with van der Waals surface area (Å²) in [6.07, 6.45) is 3.07. The molecule has 6 heteroatoms. The van der Waals surface area contributed by atoms with Crippen LogP contribution in [0.25, 0.3) is 0 Å². The van der Waals surface area contributed by atoms with Gasteiger partial charge in [0.25, 0.3) is 0 Å². The number of anilines is 1. The molecule has 1 aromatic heterocycles. The maximum absolute atomic E-state index is 11.9. The smallest absolute Gasteiger partial charge is 0.223 e. The minimum Gasteiger partial charge on any atom is -0.354 e. The molecule has 1 amide bonds. The molecule has 1 fully saturated rings. The molecular weight excluding hydrogens is 272 g/mol. The molecule has 0 radical (unpaired) electrons. The van der Waals surface area contributed by atoms with Crippen molar-refractivity contribution in [2.45, 2.75) is 12.8 Å². The molecule has 1 aliphatic heterocycles. The summed E-state index contributed by atoms with van der Waals surface area (Å²) in [5.41, 5.74) is 0.586. The summed E-state index contributed by atoms with van der Waals surface area (Å²) in [6.45, 7) is 2.96. The van der Waals surface area contributed by atoms with Crippen molar-refractivity contribution in [1.82, 2.24) is 9.88 Å². The van der Waals surface area contributed by atoms with Gasteiger partial charge >= 0.3 is 0 Å². The zero-order valence-electron chi connectivity index (χ0n) is 11.3. The van der Waals surface area contributed by atoms with E-state index in [1.165, 1.54) is 0 Å². The topological polar surface area (TPSA) is 60.2 Å². The quantitative estimate of drug-likeness (QED) is 0.853. The van der Waals surface area contributed by atoms with Crippen LogP contribution in [0.4, 0.5) is 5.82 Å². The fourth-order valence-electron chi connectivity index (χ4n) is 2.37. The average Bonchev–Trinajstić information content (AvgIpc) is 2.73. The second-order valence-corrected chi connectivity index (χ2v) is 5.13. The van der Waals surface area contributed by atoms with Crippen LogP contribution in [0.3, 0.4) is 0 Å². The summed E-state index contributed by atoms with van der Waals surface area (Å²) in [5.74, 6) is 1.46. The first-order valence-electron chi connectivity index (χ1n) is 6.75. The van der Waals surface area contributed by atoms with Gasteiger partial charge in [0.05, 0.1) is 5.56 Å². The van der Waals surface area contributed by atoms with E-state index in [0.717, 1.165) is 25.3 Å². The van der Waals surface area contributed by atoms with Crippen LogP contribution in [0.15, 0.2) is 18.3 Å². The summed E-state index contributed by atoms with van der Waals surface area (Å²) < 4.78 is 0. The predicted molar refractivity (Wildman–Crippen MR) is 80.8 cm³/mol. The van der Waals surface area contributed by atoms with Gasteiger partial charge in [-0.25, -0.2) is 4.98 Å². The Morgan fingerprint density at radius 2 is 2.25 bits per heavy atom. The lowest BCUT2D eigenvalue weighted by molar-refractivity contribution is -0.130. The molecule has 0 spiro atoms. The van der Waals surface area contributed by atoms with Crippen LogP contribution in [0.5, 0.6) is 0 Å². The van der Waals surface area contributed by atoms with Gasteiger partial charge in [0.1, 0.15) is 11.9 Å². The highest BCUT2D eigenvalue weighted by Gasteiger charge is 2.20. The third-order valence-electron chi connectivity index (χ3n) is 3.38. The number of hydrogen-bond acceptors (Lipinski definition) is 5. The molecule has 0 atom stereocenters.